The van der Waals surface area contributed by atoms with Crippen molar-refractivity contribution in [1.29, 1.82) is 0 Å². The second kappa shape index (κ2) is 8.96. The van der Waals surface area contributed by atoms with Crippen molar-refractivity contribution < 1.29 is 18.3 Å². The summed E-state index contributed by atoms with van der Waals surface area (Å²) < 4.78 is 26.0. The number of rotatable bonds is 3. The van der Waals surface area contributed by atoms with Crippen molar-refractivity contribution in [1.82, 2.24) is 9.97 Å². The molecule has 0 saturated heterocycles. The van der Waals surface area contributed by atoms with Crippen molar-refractivity contribution in [2.24, 2.45) is 0 Å². The van der Waals surface area contributed by atoms with Crippen LogP contribution < -0.4 is 4.74 Å². The first-order valence-electron chi connectivity index (χ1n) is 10.1. The van der Waals surface area contributed by atoms with Crippen molar-refractivity contribution in [2.75, 3.05) is 0 Å². The Kier molecular flexibility index (Phi) is 5.71. The third-order valence-electron chi connectivity index (χ3n) is 5.16. The lowest BCUT2D eigenvalue weighted by molar-refractivity contribution is 0.110. The summed E-state index contributed by atoms with van der Waals surface area (Å²) >= 11 is 3.45. The highest BCUT2D eigenvalue weighted by atomic mass is 79.9. The molecule has 2 aromatic heterocycles. The average molecular weight is 503 g/mol. The third kappa shape index (κ3) is 4.40. The molecule has 3 aromatic carbocycles. The fraction of sp³-hybridized carbons (Fsp3) is 0.0385. The van der Waals surface area contributed by atoms with Crippen LogP contribution in [-0.2, 0) is 6.61 Å². The summed E-state index contributed by atoms with van der Waals surface area (Å²) in [5.74, 6) is 0.940. The zero-order valence-electron chi connectivity index (χ0n) is 17.2. The monoisotopic (exact) mass is 502 g/mol. The number of fused-ring (bicyclic) bond motifs is 4. The van der Waals surface area contributed by atoms with Crippen molar-refractivity contribution in [2.45, 2.75) is 6.61 Å². The molecular formula is C26H16BrFN2O3. The molecule has 7 heteroatoms. The van der Waals surface area contributed by atoms with E-state index in [1.807, 2.05) is 36.4 Å². The van der Waals surface area contributed by atoms with Gasteiger partial charge in [-0.1, -0.05) is 40.2 Å². The molecule has 7 rings (SSSR count). The van der Waals surface area contributed by atoms with E-state index in [0.717, 1.165) is 22.4 Å². The lowest BCUT2D eigenvalue weighted by atomic mass is 10.0. The standard InChI is InChI=1S/C19H10BrFN2O2.C7H6O/c20-12-3-1-2-11(6-12)19-15-7-14(18-5-4-13(9-24)25-18)16(21)8-17(15)22-10-23-19;1-3-7-4-2-6(1)5-8-7/h1-10H;1-4H,5H2. The topological polar surface area (TPSA) is 65.2 Å². The zero-order valence-corrected chi connectivity index (χ0v) is 18.8. The first-order valence-corrected chi connectivity index (χ1v) is 10.9. The number of hydrogen-bond acceptors (Lipinski definition) is 5. The number of carbonyl (C=O) groups excluding carboxylic acids is 1. The van der Waals surface area contributed by atoms with Crippen LogP contribution in [0.5, 0.6) is 5.75 Å². The Hall–Kier alpha value is -3.84. The highest BCUT2D eigenvalue weighted by Gasteiger charge is 2.15. The van der Waals surface area contributed by atoms with Crippen molar-refractivity contribution in [3.05, 3.63) is 101 Å². The van der Waals surface area contributed by atoms with Crippen LogP contribution in [-0.4, -0.2) is 16.3 Å². The molecule has 4 heterocycles. The third-order valence-corrected chi connectivity index (χ3v) is 5.65. The summed E-state index contributed by atoms with van der Waals surface area (Å²) in [6.07, 6.45) is 1.99. The molecular weight excluding hydrogens is 487 g/mol. The molecule has 0 radical (unpaired) electrons. The number of carbonyl (C=O) groups is 1. The summed E-state index contributed by atoms with van der Waals surface area (Å²) in [4.78, 5) is 19.3. The Morgan fingerprint density at radius 3 is 2.42 bits per heavy atom. The summed E-state index contributed by atoms with van der Waals surface area (Å²) in [5, 5.41) is 0.695. The maximum absolute atomic E-state index is 14.5. The van der Waals surface area contributed by atoms with Crippen LogP contribution in [0.4, 0.5) is 4.39 Å². The molecule has 0 atom stereocenters. The second-order valence-electron chi connectivity index (χ2n) is 7.33. The van der Waals surface area contributed by atoms with E-state index in [4.69, 9.17) is 9.15 Å². The average Bonchev–Trinajstić information content (AvgIpc) is 3.34. The van der Waals surface area contributed by atoms with Gasteiger partial charge in [-0.3, -0.25) is 4.79 Å². The van der Waals surface area contributed by atoms with Crippen LogP contribution in [0.15, 0.2) is 88.0 Å². The number of ether oxygens (including phenoxy) is 1. The predicted molar refractivity (Wildman–Crippen MR) is 126 cm³/mol. The van der Waals surface area contributed by atoms with Crippen LogP contribution in [0.2, 0.25) is 0 Å². The summed E-state index contributed by atoms with van der Waals surface area (Å²) in [5.41, 5.74) is 3.59. The van der Waals surface area contributed by atoms with Gasteiger partial charge in [0.05, 0.1) is 16.8 Å². The number of aldehydes is 1. The number of aromatic nitrogens is 2. The van der Waals surface area contributed by atoms with Gasteiger partial charge < -0.3 is 9.15 Å². The molecule has 162 valence electrons. The molecule has 0 N–H and O–H groups in total. The number of nitrogens with zero attached hydrogens (tertiary/aromatic N) is 2. The van der Waals surface area contributed by atoms with E-state index < -0.39 is 5.82 Å². The Morgan fingerprint density at radius 2 is 1.82 bits per heavy atom. The van der Waals surface area contributed by atoms with E-state index in [0.29, 0.717) is 22.9 Å². The number of hydrogen-bond donors (Lipinski definition) is 0. The zero-order chi connectivity index (χ0) is 22.8. The SMILES string of the molecule is O=Cc1ccc(-c2cc3c(-c4cccc(Br)c4)ncnc3cc2F)o1.c1cc2ccc1CO2. The van der Waals surface area contributed by atoms with E-state index in [2.05, 4.69) is 38.0 Å². The van der Waals surface area contributed by atoms with E-state index in [9.17, 15) is 9.18 Å². The van der Waals surface area contributed by atoms with Crippen molar-refractivity contribution in [3.8, 4) is 28.3 Å². The number of furan rings is 1. The lowest BCUT2D eigenvalue weighted by Crippen LogP contribution is -2.00. The van der Waals surface area contributed by atoms with Gasteiger partial charge in [0.15, 0.2) is 12.0 Å². The Balaban J connectivity index is 0.000000238. The van der Waals surface area contributed by atoms with E-state index in [-0.39, 0.29) is 17.1 Å². The fourth-order valence-electron chi connectivity index (χ4n) is 3.54. The Bertz CT molecular complexity index is 1440. The minimum atomic E-state index is -0.474. The number of benzene rings is 3. The Labute approximate surface area is 197 Å². The summed E-state index contributed by atoms with van der Waals surface area (Å²) in [7, 11) is 0. The molecule has 0 fully saturated rings. The van der Waals surface area contributed by atoms with Gasteiger partial charge in [-0.05, 0) is 48.0 Å². The molecule has 0 aliphatic carbocycles. The van der Waals surface area contributed by atoms with Gasteiger partial charge in [0, 0.05) is 21.5 Å². The van der Waals surface area contributed by atoms with E-state index in [1.54, 1.807) is 12.1 Å². The molecule has 2 aliphatic rings. The minimum Gasteiger partial charge on any atom is -0.489 e. The molecule has 5 aromatic rings. The quantitative estimate of drug-likeness (QED) is 0.252. The first kappa shape index (κ1) is 21.0. The molecule has 5 nitrogen and oxygen atoms in total. The van der Waals surface area contributed by atoms with E-state index >= 15 is 0 Å². The van der Waals surface area contributed by atoms with Crippen molar-refractivity contribution >= 4 is 33.1 Å². The largest absolute Gasteiger partial charge is 0.489 e. The molecule has 0 spiro atoms. The molecule has 0 amide bonds. The minimum absolute atomic E-state index is 0.144. The van der Waals surface area contributed by atoms with Crippen molar-refractivity contribution in [3.63, 3.8) is 0 Å². The highest BCUT2D eigenvalue weighted by Crippen LogP contribution is 2.33. The first-order chi connectivity index (χ1) is 16.1. The summed E-state index contributed by atoms with van der Waals surface area (Å²) in [6.45, 7) is 0.766. The maximum Gasteiger partial charge on any atom is 0.185 e. The molecule has 0 saturated carbocycles. The molecule has 2 bridgehead atoms. The van der Waals surface area contributed by atoms with Gasteiger partial charge in [0.25, 0.3) is 0 Å². The van der Waals surface area contributed by atoms with Crippen LogP contribution in [0.1, 0.15) is 16.1 Å². The van der Waals surface area contributed by atoms with Crippen LogP contribution in [0.3, 0.4) is 0 Å². The van der Waals surface area contributed by atoms with Gasteiger partial charge in [-0.15, -0.1) is 0 Å². The van der Waals surface area contributed by atoms with Crippen LogP contribution in [0.25, 0.3) is 33.5 Å². The maximum atomic E-state index is 14.5. The van der Waals surface area contributed by atoms with Gasteiger partial charge in [-0.2, -0.15) is 0 Å². The molecule has 33 heavy (non-hydrogen) atoms. The van der Waals surface area contributed by atoms with Gasteiger partial charge in [-0.25, -0.2) is 14.4 Å². The van der Waals surface area contributed by atoms with Gasteiger partial charge >= 0.3 is 0 Å². The summed E-state index contributed by atoms with van der Waals surface area (Å²) in [6, 6.07) is 21.9. The van der Waals surface area contributed by atoms with E-state index in [1.165, 1.54) is 24.0 Å². The number of halogens is 2. The van der Waals surface area contributed by atoms with Gasteiger partial charge in [0.1, 0.15) is 30.3 Å². The molecule has 0 unspecified atom stereocenters. The Morgan fingerprint density at radius 1 is 0.970 bits per heavy atom. The predicted octanol–water partition coefficient (Wildman–Crippen LogP) is 6.85. The lowest BCUT2D eigenvalue weighted by Gasteiger charge is -2.11. The van der Waals surface area contributed by atoms with Crippen LogP contribution in [0, 0.1) is 5.82 Å². The van der Waals surface area contributed by atoms with Gasteiger partial charge in [0.2, 0.25) is 0 Å². The normalized spacial score (nSPS) is 11.6. The van der Waals surface area contributed by atoms with Crippen LogP contribution >= 0.6 is 15.9 Å². The fourth-order valence-corrected chi connectivity index (χ4v) is 3.94. The molecule has 2 aliphatic heterocycles. The highest BCUT2D eigenvalue weighted by molar-refractivity contribution is 9.10. The smallest absolute Gasteiger partial charge is 0.185 e. The second-order valence-corrected chi connectivity index (χ2v) is 8.25.